The van der Waals surface area contributed by atoms with Gasteiger partial charge < -0.3 is 14.8 Å². The molecule has 0 unspecified atom stereocenters. The molecule has 0 aliphatic carbocycles. The third-order valence-electron chi connectivity index (χ3n) is 1.92. The summed E-state index contributed by atoms with van der Waals surface area (Å²) in [7, 11) is 1.91. The molecule has 0 saturated heterocycles. The van der Waals surface area contributed by atoms with E-state index >= 15 is 0 Å². The fraction of sp³-hybridized carbons (Fsp3) is 0.500. The van der Waals surface area contributed by atoms with Gasteiger partial charge in [0.15, 0.2) is 11.5 Å². The van der Waals surface area contributed by atoms with Crippen molar-refractivity contribution in [2.24, 2.45) is 0 Å². The first-order valence-corrected chi connectivity index (χ1v) is 5.37. The van der Waals surface area contributed by atoms with Crippen molar-refractivity contribution in [1.82, 2.24) is 5.32 Å². The van der Waals surface area contributed by atoms with Gasteiger partial charge >= 0.3 is 0 Å². The van der Waals surface area contributed by atoms with Crippen LogP contribution in [-0.2, 0) is 0 Å². The van der Waals surface area contributed by atoms with E-state index in [0.717, 1.165) is 31.1 Å². The molecule has 0 spiro atoms. The van der Waals surface area contributed by atoms with Crippen molar-refractivity contribution >= 4 is 0 Å². The van der Waals surface area contributed by atoms with Gasteiger partial charge in [-0.3, -0.25) is 0 Å². The summed E-state index contributed by atoms with van der Waals surface area (Å²) in [5, 5.41) is 3.03. The number of likely N-dealkylation sites (N-methyl/N-ethyl adjacent to an activating group) is 1. The van der Waals surface area contributed by atoms with E-state index in [1.807, 2.05) is 31.3 Å². The Morgan fingerprint density at radius 3 is 2.20 bits per heavy atom. The Hall–Kier alpha value is -1.22. The predicted molar refractivity (Wildman–Crippen MR) is 61.6 cm³/mol. The van der Waals surface area contributed by atoms with Crippen LogP contribution < -0.4 is 14.8 Å². The maximum atomic E-state index is 5.59. The number of benzene rings is 1. The van der Waals surface area contributed by atoms with Crippen LogP contribution in [0.4, 0.5) is 0 Å². The van der Waals surface area contributed by atoms with Crippen LogP contribution in [0.2, 0.25) is 0 Å². The number of para-hydroxylation sites is 2. The van der Waals surface area contributed by atoms with E-state index in [4.69, 9.17) is 9.47 Å². The molecule has 1 rings (SSSR count). The fourth-order valence-corrected chi connectivity index (χ4v) is 1.16. The fourth-order valence-electron chi connectivity index (χ4n) is 1.16. The maximum absolute atomic E-state index is 5.59. The standard InChI is InChI=1S/C12H19NO2/c1-3-9-14-11-6-4-5-7-12(11)15-10-8-13-2/h4-7,13H,3,8-10H2,1-2H3. The average Bonchev–Trinajstić information content (AvgIpc) is 2.28. The second-order valence-corrected chi connectivity index (χ2v) is 3.25. The molecule has 0 fully saturated rings. The Balaban J connectivity index is 2.52. The van der Waals surface area contributed by atoms with Crippen LogP contribution in [-0.4, -0.2) is 26.8 Å². The largest absolute Gasteiger partial charge is 0.490 e. The summed E-state index contributed by atoms with van der Waals surface area (Å²) in [6.45, 7) is 4.31. The van der Waals surface area contributed by atoms with E-state index in [2.05, 4.69) is 12.2 Å². The van der Waals surface area contributed by atoms with Crippen LogP contribution in [0.3, 0.4) is 0 Å². The van der Waals surface area contributed by atoms with Crippen LogP contribution in [0.5, 0.6) is 11.5 Å². The molecule has 0 aromatic heterocycles. The monoisotopic (exact) mass is 209 g/mol. The Morgan fingerprint density at radius 1 is 1.07 bits per heavy atom. The highest BCUT2D eigenvalue weighted by molar-refractivity contribution is 5.39. The van der Waals surface area contributed by atoms with E-state index in [-0.39, 0.29) is 0 Å². The Morgan fingerprint density at radius 2 is 1.67 bits per heavy atom. The molecule has 0 amide bonds. The van der Waals surface area contributed by atoms with Crippen LogP contribution >= 0.6 is 0 Å². The highest BCUT2D eigenvalue weighted by Gasteiger charge is 2.02. The number of hydrogen-bond acceptors (Lipinski definition) is 3. The number of rotatable bonds is 7. The summed E-state index contributed by atoms with van der Waals surface area (Å²) in [6, 6.07) is 7.77. The first-order valence-electron chi connectivity index (χ1n) is 5.37. The molecule has 15 heavy (non-hydrogen) atoms. The molecule has 1 N–H and O–H groups in total. The Kier molecular flexibility index (Phi) is 5.63. The summed E-state index contributed by atoms with van der Waals surface area (Å²) < 4.78 is 11.2. The van der Waals surface area contributed by atoms with Gasteiger partial charge in [-0.25, -0.2) is 0 Å². The molecule has 3 nitrogen and oxygen atoms in total. The smallest absolute Gasteiger partial charge is 0.161 e. The zero-order valence-electron chi connectivity index (χ0n) is 9.45. The van der Waals surface area contributed by atoms with Crippen LogP contribution in [0.1, 0.15) is 13.3 Å². The van der Waals surface area contributed by atoms with Gasteiger partial charge in [0.1, 0.15) is 6.61 Å². The Bertz CT molecular complexity index is 276. The van der Waals surface area contributed by atoms with Crippen LogP contribution in [0, 0.1) is 0 Å². The lowest BCUT2D eigenvalue weighted by Gasteiger charge is -2.11. The predicted octanol–water partition coefficient (Wildman–Crippen LogP) is 2.07. The van der Waals surface area contributed by atoms with Crippen molar-refractivity contribution in [2.45, 2.75) is 13.3 Å². The minimum Gasteiger partial charge on any atom is -0.490 e. The molecule has 84 valence electrons. The van der Waals surface area contributed by atoms with Gasteiger partial charge in [-0.15, -0.1) is 0 Å². The van der Waals surface area contributed by atoms with E-state index in [0.29, 0.717) is 6.61 Å². The van der Waals surface area contributed by atoms with E-state index in [1.54, 1.807) is 0 Å². The highest BCUT2D eigenvalue weighted by Crippen LogP contribution is 2.26. The molecule has 0 heterocycles. The van der Waals surface area contributed by atoms with Gasteiger partial charge in [0.05, 0.1) is 6.61 Å². The van der Waals surface area contributed by atoms with Gasteiger partial charge in [-0.05, 0) is 25.6 Å². The van der Waals surface area contributed by atoms with Crippen LogP contribution in [0.15, 0.2) is 24.3 Å². The molecule has 0 radical (unpaired) electrons. The highest BCUT2D eigenvalue weighted by atomic mass is 16.5. The molecule has 0 aliphatic rings. The second-order valence-electron chi connectivity index (χ2n) is 3.25. The SMILES string of the molecule is CCCOc1ccccc1OCCNC. The number of nitrogens with one attached hydrogen (secondary N) is 1. The molecule has 0 aliphatic heterocycles. The van der Waals surface area contributed by atoms with Crippen molar-refractivity contribution in [3.8, 4) is 11.5 Å². The molecule has 1 aromatic rings. The van der Waals surface area contributed by atoms with Gasteiger partial charge in [0.25, 0.3) is 0 Å². The first kappa shape index (κ1) is 11.9. The maximum Gasteiger partial charge on any atom is 0.161 e. The molecule has 3 heteroatoms. The zero-order chi connectivity index (χ0) is 10.9. The summed E-state index contributed by atoms with van der Waals surface area (Å²) in [6.07, 6.45) is 1.00. The Labute approximate surface area is 91.4 Å². The molecular formula is C12H19NO2. The lowest BCUT2D eigenvalue weighted by atomic mass is 10.3. The van der Waals surface area contributed by atoms with Crippen molar-refractivity contribution in [2.75, 3.05) is 26.8 Å². The number of hydrogen-bond donors (Lipinski definition) is 1. The topological polar surface area (TPSA) is 30.5 Å². The first-order chi connectivity index (χ1) is 7.38. The second kappa shape index (κ2) is 7.12. The van der Waals surface area contributed by atoms with Gasteiger partial charge in [0.2, 0.25) is 0 Å². The molecule has 0 saturated carbocycles. The zero-order valence-corrected chi connectivity index (χ0v) is 9.45. The molecular weight excluding hydrogens is 190 g/mol. The van der Waals surface area contributed by atoms with Gasteiger partial charge in [0, 0.05) is 6.54 Å². The van der Waals surface area contributed by atoms with Crippen molar-refractivity contribution in [1.29, 1.82) is 0 Å². The molecule has 1 aromatic carbocycles. The van der Waals surface area contributed by atoms with Crippen molar-refractivity contribution in [3.63, 3.8) is 0 Å². The lowest BCUT2D eigenvalue weighted by Crippen LogP contribution is -2.16. The van der Waals surface area contributed by atoms with Crippen molar-refractivity contribution in [3.05, 3.63) is 24.3 Å². The minimum atomic E-state index is 0.656. The lowest BCUT2D eigenvalue weighted by molar-refractivity contribution is 0.269. The average molecular weight is 209 g/mol. The summed E-state index contributed by atoms with van der Waals surface area (Å²) in [4.78, 5) is 0. The van der Waals surface area contributed by atoms with E-state index < -0.39 is 0 Å². The van der Waals surface area contributed by atoms with Gasteiger partial charge in [-0.1, -0.05) is 19.1 Å². The van der Waals surface area contributed by atoms with Crippen LogP contribution in [0.25, 0.3) is 0 Å². The third-order valence-corrected chi connectivity index (χ3v) is 1.92. The van der Waals surface area contributed by atoms with E-state index in [9.17, 15) is 0 Å². The summed E-state index contributed by atoms with van der Waals surface area (Å²) in [5.74, 6) is 1.65. The van der Waals surface area contributed by atoms with E-state index in [1.165, 1.54) is 0 Å². The normalized spacial score (nSPS) is 10.0. The van der Waals surface area contributed by atoms with Crippen molar-refractivity contribution < 1.29 is 9.47 Å². The van der Waals surface area contributed by atoms with Gasteiger partial charge in [-0.2, -0.15) is 0 Å². The summed E-state index contributed by atoms with van der Waals surface area (Å²) in [5.41, 5.74) is 0. The summed E-state index contributed by atoms with van der Waals surface area (Å²) >= 11 is 0. The minimum absolute atomic E-state index is 0.656. The quantitative estimate of drug-likeness (QED) is 0.697. The number of ether oxygens (including phenoxy) is 2. The molecule has 0 atom stereocenters. The molecule has 0 bridgehead atoms. The third kappa shape index (κ3) is 4.21.